The normalized spacial score (nSPS) is 18.0. The van der Waals surface area contributed by atoms with Gasteiger partial charge in [-0.15, -0.1) is 0 Å². The first-order valence-corrected chi connectivity index (χ1v) is 7.10. The molecule has 0 aromatic carbocycles. The molecular weight excluding hydrogens is 260 g/mol. The summed E-state index contributed by atoms with van der Waals surface area (Å²) >= 11 is 0. The number of aliphatic carboxylic acids is 1. The minimum atomic E-state index is -1.07. The van der Waals surface area contributed by atoms with E-state index in [4.69, 9.17) is 10.2 Å². The lowest BCUT2D eigenvalue weighted by atomic mass is 9.88. The van der Waals surface area contributed by atoms with Crippen LogP contribution in [0.5, 0.6) is 0 Å². The number of rotatable bonds is 6. The van der Waals surface area contributed by atoms with Crippen LogP contribution in [0.4, 0.5) is 0 Å². The quantitative estimate of drug-likeness (QED) is 0.739. The van der Waals surface area contributed by atoms with E-state index in [0.717, 1.165) is 25.9 Å². The fourth-order valence-corrected chi connectivity index (χ4v) is 2.48. The number of hydrogen-bond donors (Lipinski definition) is 2. The van der Waals surface area contributed by atoms with Crippen molar-refractivity contribution in [3.8, 4) is 0 Å². The third kappa shape index (κ3) is 4.45. The van der Waals surface area contributed by atoms with Crippen molar-refractivity contribution in [2.75, 3.05) is 33.3 Å². The Kier molecular flexibility index (Phi) is 5.95. The molecule has 0 aromatic rings. The van der Waals surface area contributed by atoms with Crippen molar-refractivity contribution >= 4 is 11.9 Å². The molecule has 0 bridgehead atoms. The maximum atomic E-state index is 12.4. The first-order chi connectivity index (χ1) is 9.27. The summed E-state index contributed by atoms with van der Waals surface area (Å²) in [5.41, 5.74) is -1.07. The largest absolute Gasteiger partial charge is 0.481 e. The zero-order valence-corrected chi connectivity index (χ0v) is 12.6. The van der Waals surface area contributed by atoms with E-state index in [1.165, 1.54) is 0 Å². The Balaban J connectivity index is 2.70. The van der Waals surface area contributed by atoms with Crippen molar-refractivity contribution in [1.82, 2.24) is 9.80 Å². The summed E-state index contributed by atoms with van der Waals surface area (Å²) < 4.78 is 0. The topological polar surface area (TPSA) is 81.1 Å². The van der Waals surface area contributed by atoms with Crippen LogP contribution in [0.15, 0.2) is 0 Å². The predicted molar refractivity (Wildman–Crippen MR) is 75.4 cm³/mol. The molecule has 0 unspecified atom stereocenters. The van der Waals surface area contributed by atoms with Crippen molar-refractivity contribution in [2.24, 2.45) is 5.41 Å². The molecule has 6 heteroatoms. The van der Waals surface area contributed by atoms with Crippen LogP contribution in [-0.4, -0.2) is 71.2 Å². The number of piperidine rings is 1. The van der Waals surface area contributed by atoms with Crippen molar-refractivity contribution in [2.45, 2.75) is 39.2 Å². The number of amides is 1. The molecule has 1 amide bonds. The molecule has 1 aliphatic heterocycles. The average Bonchev–Trinajstić information content (AvgIpc) is 2.36. The number of carbonyl (C=O) groups excluding carboxylic acids is 1. The minimum absolute atomic E-state index is 0.0331. The molecule has 0 saturated carbocycles. The summed E-state index contributed by atoms with van der Waals surface area (Å²) in [7, 11) is 2.04. The molecule has 1 rings (SSSR count). The molecule has 1 heterocycles. The Hall–Kier alpha value is -1.14. The molecule has 1 aliphatic rings. The Morgan fingerprint density at radius 1 is 1.30 bits per heavy atom. The molecule has 2 N–H and O–H groups in total. The standard InChI is InChI=1S/C14H26N2O4/c1-14(2,13(19)20)10-12(18)16(8-9-17)11-4-6-15(3)7-5-11/h11,17H,4-10H2,1-3H3,(H,19,20). The van der Waals surface area contributed by atoms with Crippen LogP contribution in [-0.2, 0) is 9.59 Å². The third-order valence-corrected chi connectivity index (χ3v) is 3.96. The molecule has 0 aromatic heterocycles. The van der Waals surface area contributed by atoms with Gasteiger partial charge in [-0.1, -0.05) is 0 Å². The summed E-state index contributed by atoms with van der Waals surface area (Å²) in [6.07, 6.45) is 1.71. The highest BCUT2D eigenvalue weighted by Gasteiger charge is 2.34. The third-order valence-electron chi connectivity index (χ3n) is 3.96. The van der Waals surface area contributed by atoms with Crippen LogP contribution >= 0.6 is 0 Å². The van der Waals surface area contributed by atoms with E-state index in [-0.39, 0.29) is 31.5 Å². The van der Waals surface area contributed by atoms with Crippen LogP contribution in [0, 0.1) is 5.41 Å². The van der Waals surface area contributed by atoms with Crippen LogP contribution < -0.4 is 0 Å². The lowest BCUT2D eigenvalue weighted by molar-refractivity contribution is -0.152. The second kappa shape index (κ2) is 7.04. The summed E-state index contributed by atoms with van der Waals surface area (Å²) in [4.78, 5) is 27.4. The monoisotopic (exact) mass is 286 g/mol. The predicted octanol–water partition coefficient (Wildman–Crippen LogP) is 0.402. The van der Waals surface area contributed by atoms with Crippen molar-refractivity contribution in [3.05, 3.63) is 0 Å². The SMILES string of the molecule is CN1CCC(N(CCO)C(=O)CC(C)(C)C(=O)O)CC1. The highest BCUT2D eigenvalue weighted by Crippen LogP contribution is 2.24. The lowest BCUT2D eigenvalue weighted by Crippen LogP contribution is -2.49. The number of carbonyl (C=O) groups is 2. The van der Waals surface area contributed by atoms with Crippen molar-refractivity contribution in [1.29, 1.82) is 0 Å². The van der Waals surface area contributed by atoms with E-state index in [9.17, 15) is 9.59 Å². The first kappa shape index (κ1) is 16.9. The Bertz CT molecular complexity index is 349. The zero-order valence-electron chi connectivity index (χ0n) is 12.6. The van der Waals surface area contributed by atoms with Crippen LogP contribution in [0.3, 0.4) is 0 Å². The number of carboxylic acids is 1. The zero-order chi connectivity index (χ0) is 15.3. The number of carboxylic acid groups (broad SMARTS) is 1. The van der Waals surface area contributed by atoms with Crippen LogP contribution in [0.1, 0.15) is 33.1 Å². The maximum absolute atomic E-state index is 12.4. The molecule has 1 fully saturated rings. The minimum Gasteiger partial charge on any atom is -0.481 e. The molecular formula is C14H26N2O4. The van der Waals surface area contributed by atoms with Gasteiger partial charge in [-0.2, -0.15) is 0 Å². The molecule has 0 atom stereocenters. The second-order valence-electron chi connectivity index (χ2n) is 6.21. The first-order valence-electron chi connectivity index (χ1n) is 7.10. The fraction of sp³-hybridized carbons (Fsp3) is 0.857. The van der Waals surface area contributed by atoms with Gasteiger partial charge >= 0.3 is 5.97 Å². The lowest BCUT2D eigenvalue weighted by Gasteiger charge is -2.38. The highest BCUT2D eigenvalue weighted by atomic mass is 16.4. The second-order valence-corrected chi connectivity index (χ2v) is 6.21. The van der Waals surface area contributed by atoms with Gasteiger partial charge in [0.25, 0.3) is 0 Å². The molecule has 0 aliphatic carbocycles. The number of nitrogens with zero attached hydrogens (tertiary/aromatic N) is 2. The van der Waals surface area contributed by atoms with Gasteiger partial charge in [0.05, 0.1) is 12.0 Å². The maximum Gasteiger partial charge on any atom is 0.309 e. The van der Waals surface area contributed by atoms with E-state index in [1.807, 2.05) is 7.05 Å². The molecule has 1 saturated heterocycles. The van der Waals surface area contributed by atoms with Gasteiger partial charge in [-0.25, -0.2) is 0 Å². The number of likely N-dealkylation sites (tertiary alicyclic amines) is 1. The average molecular weight is 286 g/mol. The Morgan fingerprint density at radius 2 is 1.85 bits per heavy atom. The Morgan fingerprint density at radius 3 is 2.30 bits per heavy atom. The van der Waals surface area contributed by atoms with E-state index < -0.39 is 11.4 Å². The molecule has 6 nitrogen and oxygen atoms in total. The fourth-order valence-electron chi connectivity index (χ4n) is 2.48. The van der Waals surface area contributed by atoms with E-state index >= 15 is 0 Å². The van der Waals surface area contributed by atoms with Gasteiger partial charge in [-0.3, -0.25) is 9.59 Å². The summed E-state index contributed by atoms with van der Waals surface area (Å²) in [5.74, 6) is -1.15. The van der Waals surface area contributed by atoms with Gasteiger partial charge in [0.1, 0.15) is 0 Å². The Labute approximate surface area is 120 Å². The van der Waals surface area contributed by atoms with E-state index in [1.54, 1.807) is 18.7 Å². The van der Waals surface area contributed by atoms with Gasteiger partial charge in [0.15, 0.2) is 0 Å². The molecule has 0 radical (unpaired) electrons. The van der Waals surface area contributed by atoms with Crippen molar-refractivity contribution < 1.29 is 19.8 Å². The van der Waals surface area contributed by atoms with E-state index in [2.05, 4.69) is 4.90 Å². The molecule has 116 valence electrons. The van der Waals surface area contributed by atoms with Gasteiger partial charge in [0, 0.05) is 19.0 Å². The number of hydrogen-bond acceptors (Lipinski definition) is 4. The number of aliphatic hydroxyl groups is 1. The molecule has 0 spiro atoms. The van der Waals surface area contributed by atoms with Gasteiger partial charge < -0.3 is 20.0 Å². The van der Waals surface area contributed by atoms with Gasteiger partial charge in [-0.05, 0) is 46.8 Å². The van der Waals surface area contributed by atoms with Crippen LogP contribution in [0.2, 0.25) is 0 Å². The summed E-state index contributed by atoms with van der Waals surface area (Å²) in [6, 6.07) is 0.107. The number of aliphatic hydroxyl groups excluding tert-OH is 1. The highest BCUT2D eigenvalue weighted by molar-refractivity contribution is 5.84. The van der Waals surface area contributed by atoms with Crippen molar-refractivity contribution in [3.63, 3.8) is 0 Å². The van der Waals surface area contributed by atoms with Gasteiger partial charge in [0.2, 0.25) is 5.91 Å². The molecule has 20 heavy (non-hydrogen) atoms. The summed E-state index contributed by atoms with van der Waals surface area (Å²) in [6.45, 7) is 5.14. The van der Waals surface area contributed by atoms with E-state index in [0.29, 0.717) is 0 Å². The smallest absolute Gasteiger partial charge is 0.309 e. The summed E-state index contributed by atoms with van der Waals surface area (Å²) in [5, 5.41) is 18.3. The van der Waals surface area contributed by atoms with Crippen LogP contribution in [0.25, 0.3) is 0 Å².